The molecule has 0 saturated carbocycles. The van der Waals surface area contributed by atoms with Crippen LogP contribution in [0.2, 0.25) is 0 Å². The van der Waals surface area contributed by atoms with Crippen LogP contribution in [-0.2, 0) is 46.0 Å². The molecule has 0 saturated heterocycles. The summed E-state index contributed by atoms with van der Waals surface area (Å²) in [4.78, 5) is 22.5. The summed E-state index contributed by atoms with van der Waals surface area (Å²) in [6, 6.07) is 24.0. The van der Waals surface area contributed by atoms with Crippen LogP contribution in [0.4, 0.5) is 11.4 Å². The van der Waals surface area contributed by atoms with Crippen molar-refractivity contribution in [2.75, 3.05) is 97.1 Å². The van der Waals surface area contributed by atoms with E-state index in [0.29, 0.717) is 65.7 Å². The Morgan fingerprint density at radius 2 is 0.953 bits per heavy atom. The first-order chi connectivity index (χ1) is 30.9. The number of anilines is 2. The van der Waals surface area contributed by atoms with Crippen molar-refractivity contribution >= 4 is 34.3 Å². The SMILES string of the molecule is CCCCOC(OCCCC)([PH2]=O)N1CCN(CC(=O)O)CCN(C(OCCCC)(OCCCC)[PH2]=O)Cc2cc(cc(C(c3ccc(N(C)C)cc3)c3ccc(N(C)C)cc3)c2)C1. The van der Waals surface area contributed by atoms with Crippen molar-refractivity contribution in [3.05, 3.63) is 94.5 Å². The number of carboxylic acids is 1. The normalized spacial score (nSPS) is 15.3. The molecule has 0 aliphatic carbocycles. The zero-order valence-corrected chi connectivity index (χ0v) is 42.4. The first-order valence-electron chi connectivity index (χ1n) is 23.5. The highest BCUT2D eigenvalue weighted by Gasteiger charge is 2.41. The fraction of sp³-hybridized carbons (Fsp3) is 0.612. The lowest BCUT2D eigenvalue weighted by Gasteiger charge is -2.42. The second kappa shape index (κ2) is 27.5. The van der Waals surface area contributed by atoms with Gasteiger partial charge in [-0.3, -0.25) is 9.69 Å². The Labute approximate surface area is 386 Å². The standard InChI is InChI=1S/C49H79N5O8P2/c1-9-13-29-59-48(63-57,60-30-14-10-2)53-27-25-52(38-46(55)56)26-28-54(49(64-58,61-31-15-11-3)62-32-16-12-4)37-40-33-39(36-53)34-43(35-40)47(41-17-21-44(22-18-41)50(5)6)42-19-23-45(24-20-42)51(7)8/h17-24,33-35,47H,9-16,25-32,36-38,63-64H2,1-8H3,(H,55,56). The lowest BCUT2D eigenvalue weighted by atomic mass is 9.83. The molecule has 1 N–H and O–H groups in total. The van der Waals surface area contributed by atoms with Gasteiger partial charge in [-0.25, -0.2) is 9.80 Å². The highest BCUT2D eigenvalue weighted by molar-refractivity contribution is 7.25. The van der Waals surface area contributed by atoms with Crippen LogP contribution in [0.25, 0.3) is 0 Å². The first-order valence-corrected chi connectivity index (χ1v) is 25.6. The van der Waals surface area contributed by atoms with E-state index >= 15 is 0 Å². The van der Waals surface area contributed by atoms with Gasteiger partial charge in [-0.1, -0.05) is 95.8 Å². The van der Waals surface area contributed by atoms with Crippen molar-refractivity contribution in [2.24, 2.45) is 0 Å². The maximum Gasteiger partial charge on any atom is 0.317 e. The number of benzene rings is 3. The number of fused-ring (bicyclic) bond motifs is 2. The highest BCUT2D eigenvalue weighted by atomic mass is 31.1. The first kappa shape index (κ1) is 53.5. The molecule has 0 radical (unpaired) electrons. The summed E-state index contributed by atoms with van der Waals surface area (Å²) in [5, 5.41) is 10.2. The minimum absolute atomic E-state index is 0.167. The molecule has 358 valence electrons. The lowest BCUT2D eigenvalue weighted by Crippen LogP contribution is -2.54. The molecule has 13 nitrogen and oxygen atoms in total. The van der Waals surface area contributed by atoms with Crippen molar-refractivity contribution in [1.82, 2.24) is 14.7 Å². The molecule has 3 aromatic carbocycles. The Morgan fingerprint density at radius 1 is 0.594 bits per heavy atom. The summed E-state index contributed by atoms with van der Waals surface area (Å²) >= 11 is 0. The van der Waals surface area contributed by atoms with Gasteiger partial charge in [0, 0.05) is 84.8 Å². The van der Waals surface area contributed by atoms with Crippen LogP contribution in [0.1, 0.15) is 113 Å². The fourth-order valence-electron chi connectivity index (χ4n) is 7.95. The second-order valence-electron chi connectivity index (χ2n) is 17.3. The number of hydrogen-bond donors (Lipinski definition) is 1. The van der Waals surface area contributed by atoms with Gasteiger partial charge in [0.25, 0.3) is 11.3 Å². The van der Waals surface area contributed by atoms with Gasteiger partial charge in [0.05, 0.1) is 33.0 Å². The molecule has 1 aliphatic rings. The molecule has 1 aliphatic heterocycles. The molecule has 1 heterocycles. The number of hydrogen-bond acceptors (Lipinski definition) is 12. The monoisotopic (exact) mass is 928 g/mol. The van der Waals surface area contributed by atoms with Gasteiger partial charge >= 0.3 is 5.97 Å². The van der Waals surface area contributed by atoms with Gasteiger partial charge in [-0.2, -0.15) is 0 Å². The van der Waals surface area contributed by atoms with Crippen molar-refractivity contribution < 1.29 is 38.0 Å². The number of carboxylic acid groups (broad SMARTS) is 1. The van der Waals surface area contributed by atoms with Crippen LogP contribution >= 0.6 is 16.9 Å². The van der Waals surface area contributed by atoms with Crippen LogP contribution in [-0.4, -0.2) is 124 Å². The third-order valence-corrected chi connectivity index (χ3v) is 13.8. The minimum Gasteiger partial charge on any atom is -0.480 e. The van der Waals surface area contributed by atoms with Crippen molar-refractivity contribution in [1.29, 1.82) is 0 Å². The van der Waals surface area contributed by atoms with Crippen molar-refractivity contribution in [3.63, 3.8) is 0 Å². The predicted molar refractivity (Wildman–Crippen MR) is 264 cm³/mol. The van der Waals surface area contributed by atoms with Crippen molar-refractivity contribution in [2.45, 2.75) is 109 Å². The Morgan fingerprint density at radius 3 is 1.25 bits per heavy atom. The summed E-state index contributed by atoms with van der Waals surface area (Å²) in [6.07, 6.45) is 6.70. The van der Waals surface area contributed by atoms with E-state index < -0.39 is 34.2 Å². The number of carbonyl (C=O) groups is 1. The van der Waals surface area contributed by atoms with Gasteiger partial charge in [0.15, 0.2) is 0 Å². The molecule has 0 fully saturated rings. The molecule has 2 bridgehead atoms. The second-order valence-corrected chi connectivity index (χ2v) is 19.2. The van der Waals surface area contributed by atoms with E-state index in [9.17, 15) is 19.0 Å². The van der Waals surface area contributed by atoms with Crippen LogP contribution < -0.4 is 9.80 Å². The number of rotatable bonds is 27. The summed E-state index contributed by atoms with van der Waals surface area (Å²) < 4.78 is 53.7. The van der Waals surface area contributed by atoms with Crippen LogP contribution in [0.5, 0.6) is 0 Å². The zero-order valence-electron chi connectivity index (χ0n) is 40.1. The molecule has 4 rings (SSSR count). The van der Waals surface area contributed by atoms with Gasteiger partial charge < -0.3 is 43.0 Å². The molecule has 2 unspecified atom stereocenters. The maximum absolute atomic E-state index is 13.7. The van der Waals surface area contributed by atoms with Gasteiger partial charge in [0.2, 0.25) is 0 Å². The fourth-order valence-corrected chi connectivity index (χ4v) is 9.43. The minimum atomic E-state index is -1.61. The van der Waals surface area contributed by atoms with E-state index in [1.165, 1.54) is 0 Å². The quantitative estimate of drug-likeness (QED) is 0.0339. The Balaban J connectivity index is 2.02. The van der Waals surface area contributed by atoms with E-state index in [1.54, 1.807) is 0 Å². The molecule has 2 atom stereocenters. The molecule has 0 amide bonds. The van der Waals surface area contributed by atoms with Crippen molar-refractivity contribution in [3.8, 4) is 0 Å². The van der Waals surface area contributed by atoms with E-state index in [-0.39, 0.29) is 12.5 Å². The third-order valence-electron chi connectivity index (χ3n) is 11.8. The molecule has 3 aromatic rings. The van der Waals surface area contributed by atoms with E-state index in [0.717, 1.165) is 90.6 Å². The number of unbranched alkanes of at least 4 members (excludes halogenated alkanes) is 4. The third kappa shape index (κ3) is 15.5. The number of nitrogens with zero attached hydrogens (tertiary/aromatic N) is 5. The van der Waals surface area contributed by atoms with Gasteiger partial charge in [-0.15, -0.1) is 0 Å². The molecule has 64 heavy (non-hydrogen) atoms. The predicted octanol–water partition coefficient (Wildman–Crippen LogP) is 9.01. The summed E-state index contributed by atoms with van der Waals surface area (Å²) in [6.45, 7) is 11.6. The summed E-state index contributed by atoms with van der Waals surface area (Å²) in [5.41, 5.74) is 4.43. The average Bonchev–Trinajstić information content (AvgIpc) is 3.28. The maximum atomic E-state index is 13.7. The van der Waals surface area contributed by atoms with E-state index in [4.69, 9.17) is 18.9 Å². The molecule has 0 aromatic heterocycles. The zero-order chi connectivity index (χ0) is 46.5. The number of ether oxygens (including phenoxy) is 4. The Bertz CT molecular complexity index is 1710. The van der Waals surface area contributed by atoms with Crippen LogP contribution in [0.3, 0.4) is 0 Å². The molecule has 0 spiro atoms. The topological polar surface area (TPSA) is 125 Å². The van der Waals surface area contributed by atoms with Gasteiger partial charge in [0.1, 0.15) is 16.9 Å². The van der Waals surface area contributed by atoms with Crippen LogP contribution in [0, 0.1) is 0 Å². The lowest BCUT2D eigenvalue weighted by molar-refractivity contribution is -0.264. The largest absolute Gasteiger partial charge is 0.480 e. The smallest absolute Gasteiger partial charge is 0.317 e. The molecular formula is C49H79N5O8P2. The van der Waals surface area contributed by atoms with Crippen LogP contribution in [0.15, 0.2) is 66.7 Å². The highest BCUT2D eigenvalue weighted by Crippen LogP contribution is 2.39. The number of aliphatic carboxylic acids is 1. The Hall–Kier alpha value is -3.09. The molecule has 15 heteroatoms. The van der Waals surface area contributed by atoms with E-state index in [1.807, 2.05) is 42.9 Å². The molecular weight excluding hydrogens is 849 g/mol. The van der Waals surface area contributed by atoms with Gasteiger partial charge in [-0.05, 0) is 77.8 Å². The average molecular weight is 928 g/mol. The Kier molecular flexibility index (Phi) is 23.0. The summed E-state index contributed by atoms with van der Waals surface area (Å²) in [7, 11) is 4.95. The van der Waals surface area contributed by atoms with E-state index in [2.05, 4.69) is 104 Å². The summed E-state index contributed by atoms with van der Waals surface area (Å²) in [5.74, 6) is -1.12.